The van der Waals surface area contributed by atoms with Gasteiger partial charge in [0.15, 0.2) is 0 Å². The van der Waals surface area contributed by atoms with Crippen molar-refractivity contribution in [2.45, 2.75) is 45.5 Å². The van der Waals surface area contributed by atoms with E-state index >= 15 is 0 Å². The van der Waals surface area contributed by atoms with Crippen molar-refractivity contribution in [2.75, 3.05) is 6.66 Å². The Bertz CT molecular complexity index is 170. The van der Waals surface area contributed by atoms with E-state index < -0.39 is 6.57 Å². The van der Waals surface area contributed by atoms with Gasteiger partial charge in [0, 0.05) is 11.9 Å². The largest absolute Gasteiger partial charge is 0.319 e. The Morgan fingerprint density at radius 1 is 1.42 bits per heavy atom. The lowest BCUT2D eigenvalue weighted by Gasteiger charge is -2.18. The lowest BCUT2D eigenvalue weighted by Crippen LogP contribution is -2.00. The zero-order valence-electron chi connectivity index (χ0n) is 8.53. The zero-order valence-corrected chi connectivity index (χ0v) is 10.2. The van der Waals surface area contributed by atoms with Crippen LogP contribution in [-0.2, 0) is 9.09 Å². The molecule has 0 fully saturated rings. The minimum Gasteiger partial charge on any atom is -0.319 e. The third kappa shape index (κ3) is 6.10. The molecule has 0 aromatic rings. The molecule has 0 rings (SSSR count). The van der Waals surface area contributed by atoms with Gasteiger partial charge in [0.25, 0.3) is 6.57 Å². The van der Waals surface area contributed by atoms with Crippen LogP contribution in [0.5, 0.6) is 0 Å². The van der Waals surface area contributed by atoms with Crippen molar-refractivity contribution in [3.05, 3.63) is 0 Å². The number of rotatable bonds is 5. The van der Waals surface area contributed by atoms with Crippen molar-refractivity contribution < 1.29 is 9.09 Å². The highest BCUT2D eigenvalue weighted by Gasteiger charge is 2.21. The second kappa shape index (κ2) is 5.31. The van der Waals surface area contributed by atoms with Crippen LogP contribution in [0.1, 0.15) is 34.1 Å². The van der Waals surface area contributed by atoms with Crippen LogP contribution in [0.15, 0.2) is 0 Å². The van der Waals surface area contributed by atoms with E-state index in [1.54, 1.807) is 6.66 Å². The molecule has 0 radical (unpaired) electrons. The van der Waals surface area contributed by atoms with Crippen molar-refractivity contribution in [2.24, 2.45) is 0 Å². The van der Waals surface area contributed by atoms with Gasteiger partial charge in [0.2, 0.25) is 0 Å². The molecule has 74 valence electrons. The summed E-state index contributed by atoms with van der Waals surface area (Å²) in [7, 11) is 0. The van der Waals surface area contributed by atoms with E-state index in [0.29, 0.717) is 5.25 Å². The third-order valence-electron chi connectivity index (χ3n) is 1.35. The summed E-state index contributed by atoms with van der Waals surface area (Å²) in [5.74, 6) is 0. The smallest absolute Gasteiger partial charge is 0.255 e. The van der Waals surface area contributed by atoms with Gasteiger partial charge in [-0.25, -0.2) is 0 Å². The minimum atomic E-state index is -2.40. The Balaban J connectivity index is 3.95. The summed E-state index contributed by atoms with van der Waals surface area (Å²) in [5, 5.41) is 0.416. The molecule has 2 unspecified atom stereocenters. The second-order valence-electron chi connectivity index (χ2n) is 3.25. The van der Waals surface area contributed by atoms with Crippen LogP contribution in [0.2, 0.25) is 0 Å². The monoisotopic (exact) mass is 210 g/mol. The van der Waals surface area contributed by atoms with Crippen LogP contribution in [0.25, 0.3) is 0 Å². The maximum atomic E-state index is 11.7. The molecule has 0 saturated heterocycles. The summed E-state index contributed by atoms with van der Waals surface area (Å²) in [6.07, 6.45) is 1.08. The van der Waals surface area contributed by atoms with Crippen LogP contribution >= 0.6 is 18.0 Å². The summed E-state index contributed by atoms with van der Waals surface area (Å²) in [6.45, 7) is 7.28. The maximum Gasteiger partial charge on any atom is 0.255 e. The minimum absolute atomic E-state index is 0.0531. The van der Waals surface area contributed by atoms with Gasteiger partial charge in [0.1, 0.15) is 0 Å². The van der Waals surface area contributed by atoms with Gasteiger partial charge >= 0.3 is 0 Å². The molecular formula is C8H19O2PS. The Hall–Kier alpha value is 0.540. The van der Waals surface area contributed by atoms with E-state index in [-0.39, 0.29) is 6.10 Å². The molecule has 0 N–H and O–H groups in total. The number of hydrogen-bond acceptors (Lipinski definition) is 3. The molecule has 0 aliphatic carbocycles. The molecule has 0 saturated carbocycles. The SMILES string of the molecule is CCC(C)SP(C)(=O)OC(C)C. The molecule has 0 aliphatic heterocycles. The van der Waals surface area contributed by atoms with Crippen molar-refractivity contribution >= 4 is 18.0 Å². The van der Waals surface area contributed by atoms with E-state index in [1.165, 1.54) is 11.4 Å². The average molecular weight is 210 g/mol. The standard InChI is InChI=1S/C8H19O2PS/c1-6-8(4)12-11(5,9)10-7(2)3/h7-8H,6H2,1-5H3. The fraction of sp³-hybridized carbons (Fsp3) is 1.00. The first-order valence-electron chi connectivity index (χ1n) is 4.31. The highest BCUT2D eigenvalue weighted by Crippen LogP contribution is 2.59. The molecule has 0 aromatic carbocycles. The van der Waals surface area contributed by atoms with Crippen molar-refractivity contribution in [3.8, 4) is 0 Å². The molecular weight excluding hydrogens is 191 g/mol. The summed E-state index contributed by atoms with van der Waals surface area (Å²) >= 11 is 1.46. The number of hydrogen-bond donors (Lipinski definition) is 0. The Kier molecular flexibility index (Phi) is 5.55. The van der Waals surface area contributed by atoms with Gasteiger partial charge in [-0.15, -0.1) is 0 Å². The van der Waals surface area contributed by atoms with Crippen molar-refractivity contribution in [3.63, 3.8) is 0 Å². The molecule has 2 nitrogen and oxygen atoms in total. The summed E-state index contributed by atoms with van der Waals surface area (Å²) in [4.78, 5) is 0. The first kappa shape index (κ1) is 12.5. The molecule has 0 amide bonds. The highest BCUT2D eigenvalue weighted by atomic mass is 32.7. The van der Waals surface area contributed by atoms with Crippen LogP contribution < -0.4 is 0 Å². The van der Waals surface area contributed by atoms with E-state index in [1.807, 2.05) is 13.8 Å². The molecule has 0 aliphatic rings. The Labute approximate surface area is 79.7 Å². The van der Waals surface area contributed by atoms with Gasteiger partial charge in [-0.05, 0) is 20.3 Å². The highest BCUT2D eigenvalue weighted by molar-refractivity contribution is 8.56. The van der Waals surface area contributed by atoms with Gasteiger partial charge in [-0.2, -0.15) is 0 Å². The topological polar surface area (TPSA) is 26.3 Å². The molecule has 0 heterocycles. The summed E-state index contributed by atoms with van der Waals surface area (Å²) < 4.78 is 17.1. The predicted octanol–water partition coefficient (Wildman–Crippen LogP) is 3.77. The first-order chi connectivity index (χ1) is 5.37. The zero-order chi connectivity index (χ0) is 9.78. The quantitative estimate of drug-likeness (QED) is 0.646. The molecule has 0 bridgehead atoms. The van der Waals surface area contributed by atoms with Gasteiger partial charge in [-0.1, -0.05) is 25.2 Å². The molecule has 4 heteroatoms. The van der Waals surface area contributed by atoms with Gasteiger partial charge in [-0.3, -0.25) is 4.57 Å². The molecule has 0 spiro atoms. The lowest BCUT2D eigenvalue weighted by molar-refractivity contribution is 0.255. The Morgan fingerprint density at radius 3 is 2.25 bits per heavy atom. The van der Waals surface area contributed by atoms with Crippen molar-refractivity contribution in [1.82, 2.24) is 0 Å². The van der Waals surface area contributed by atoms with E-state index in [4.69, 9.17) is 4.52 Å². The predicted molar refractivity (Wildman–Crippen MR) is 57.1 cm³/mol. The fourth-order valence-corrected chi connectivity index (χ4v) is 5.50. The van der Waals surface area contributed by atoms with E-state index in [9.17, 15) is 4.57 Å². The van der Waals surface area contributed by atoms with Crippen molar-refractivity contribution in [1.29, 1.82) is 0 Å². The molecule has 2 atom stereocenters. The van der Waals surface area contributed by atoms with E-state index in [2.05, 4.69) is 13.8 Å². The van der Waals surface area contributed by atoms with Crippen LogP contribution in [-0.4, -0.2) is 18.0 Å². The van der Waals surface area contributed by atoms with Gasteiger partial charge in [0.05, 0.1) is 6.10 Å². The van der Waals surface area contributed by atoms with E-state index in [0.717, 1.165) is 6.42 Å². The Morgan fingerprint density at radius 2 is 1.92 bits per heavy atom. The fourth-order valence-electron chi connectivity index (χ4n) is 0.809. The normalized spacial score (nSPS) is 19.2. The maximum absolute atomic E-state index is 11.7. The average Bonchev–Trinajstić information content (AvgIpc) is 1.83. The van der Waals surface area contributed by atoms with Crippen LogP contribution in [0.4, 0.5) is 0 Å². The lowest BCUT2D eigenvalue weighted by atomic mass is 10.4. The summed E-state index contributed by atoms with van der Waals surface area (Å²) in [6, 6.07) is 0. The summed E-state index contributed by atoms with van der Waals surface area (Å²) in [5.41, 5.74) is 0. The molecule has 0 aromatic heterocycles. The van der Waals surface area contributed by atoms with Crippen LogP contribution in [0.3, 0.4) is 0 Å². The first-order valence-corrected chi connectivity index (χ1v) is 7.87. The second-order valence-corrected chi connectivity index (χ2v) is 8.64. The van der Waals surface area contributed by atoms with Gasteiger partial charge < -0.3 is 4.52 Å². The van der Waals surface area contributed by atoms with Crippen LogP contribution in [0, 0.1) is 0 Å². The third-order valence-corrected chi connectivity index (χ3v) is 5.72. The molecule has 12 heavy (non-hydrogen) atoms.